The highest BCUT2D eigenvalue weighted by Gasteiger charge is 2.26. The fraction of sp³-hybridized carbons (Fsp3) is 0.938. The second-order valence-corrected chi connectivity index (χ2v) is 7.99. The van der Waals surface area contributed by atoms with Crippen LogP contribution in [0.5, 0.6) is 0 Å². The molecule has 112 valence electrons. The second kappa shape index (κ2) is 6.25. The van der Waals surface area contributed by atoms with Crippen molar-refractivity contribution >= 4 is 5.91 Å². The average Bonchev–Trinajstić information content (AvgIpc) is 2.23. The maximum Gasteiger partial charge on any atom is 0.248 e. The topological polar surface area (TPSA) is 29.5 Å². The molecule has 0 bridgehead atoms. The van der Waals surface area contributed by atoms with Crippen LogP contribution in [-0.4, -0.2) is 36.1 Å². The first-order valence-electron chi connectivity index (χ1n) is 7.48. The third-order valence-electron chi connectivity index (χ3n) is 3.50. The van der Waals surface area contributed by atoms with Gasteiger partial charge in [-0.1, -0.05) is 20.8 Å². The SMILES string of the molecule is CC(C)(C)CC1CCN(C(=O)COC(C)(C)C)CC1. The molecule has 1 amide bonds. The van der Waals surface area contributed by atoms with E-state index in [1.807, 2.05) is 25.7 Å². The Morgan fingerprint density at radius 2 is 1.63 bits per heavy atom. The molecule has 3 nitrogen and oxygen atoms in total. The Labute approximate surface area is 118 Å². The van der Waals surface area contributed by atoms with Gasteiger partial charge in [-0.25, -0.2) is 0 Å². The molecule has 0 radical (unpaired) electrons. The van der Waals surface area contributed by atoms with Crippen LogP contribution >= 0.6 is 0 Å². The maximum absolute atomic E-state index is 12.0. The molecule has 1 saturated heterocycles. The monoisotopic (exact) mass is 269 g/mol. The number of likely N-dealkylation sites (tertiary alicyclic amines) is 1. The molecule has 0 atom stereocenters. The van der Waals surface area contributed by atoms with Crippen LogP contribution in [0.2, 0.25) is 0 Å². The molecular weight excluding hydrogens is 238 g/mol. The standard InChI is InChI=1S/C16H31NO2/c1-15(2,3)11-13-7-9-17(10-8-13)14(18)12-19-16(4,5)6/h13H,7-12H2,1-6H3. The summed E-state index contributed by atoms with van der Waals surface area (Å²) in [5.41, 5.74) is 0.159. The summed E-state index contributed by atoms with van der Waals surface area (Å²) in [6.07, 6.45) is 3.53. The molecule has 0 spiro atoms. The Balaban J connectivity index is 2.31. The van der Waals surface area contributed by atoms with Crippen LogP contribution in [0, 0.1) is 11.3 Å². The van der Waals surface area contributed by atoms with Gasteiger partial charge in [0.1, 0.15) is 6.61 Å². The first kappa shape index (κ1) is 16.5. The minimum Gasteiger partial charge on any atom is -0.366 e. The molecule has 1 fully saturated rings. The molecule has 0 aliphatic carbocycles. The molecule has 1 heterocycles. The summed E-state index contributed by atoms with van der Waals surface area (Å²) in [4.78, 5) is 14.0. The third kappa shape index (κ3) is 6.95. The molecule has 0 unspecified atom stereocenters. The van der Waals surface area contributed by atoms with Gasteiger partial charge in [0.2, 0.25) is 5.91 Å². The number of hydrogen-bond acceptors (Lipinski definition) is 2. The number of amides is 1. The lowest BCUT2D eigenvalue weighted by Gasteiger charge is -2.35. The van der Waals surface area contributed by atoms with Crippen LogP contribution in [-0.2, 0) is 9.53 Å². The average molecular weight is 269 g/mol. The summed E-state index contributed by atoms with van der Waals surface area (Å²) in [5.74, 6) is 0.914. The molecule has 1 aliphatic heterocycles. The Morgan fingerprint density at radius 3 is 2.05 bits per heavy atom. The van der Waals surface area contributed by atoms with Gasteiger partial charge in [0.15, 0.2) is 0 Å². The van der Waals surface area contributed by atoms with E-state index in [1.165, 1.54) is 6.42 Å². The van der Waals surface area contributed by atoms with Crippen molar-refractivity contribution in [3.05, 3.63) is 0 Å². The van der Waals surface area contributed by atoms with Crippen molar-refractivity contribution in [1.82, 2.24) is 4.90 Å². The molecule has 0 aromatic rings. The van der Waals surface area contributed by atoms with Crippen molar-refractivity contribution in [2.75, 3.05) is 19.7 Å². The van der Waals surface area contributed by atoms with Crippen LogP contribution in [0.3, 0.4) is 0 Å². The summed E-state index contributed by atoms with van der Waals surface area (Å²) in [5, 5.41) is 0. The largest absolute Gasteiger partial charge is 0.366 e. The summed E-state index contributed by atoms with van der Waals surface area (Å²) in [6.45, 7) is 14.8. The van der Waals surface area contributed by atoms with Gasteiger partial charge in [0.25, 0.3) is 0 Å². The van der Waals surface area contributed by atoms with E-state index in [0.29, 0.717) is 5.41 Å². The van der Waals surface area contributed by atoms with Crippen LogP contribution < -0.4 is 0 Å². The zero-order valence-electron chi connectivity index (χ0n) is 13.6. The van der Waals surface area contributed by atoms with E-state index in [9.17, 15) is 4.79 Å². The first-order chi connectivity index (χ1) is 8.57. The summed E-state index contributed by atoms with van der Waals surface area (Å²) >= 11 is 0. The highest BCUT2D eigenvalue weighted by molar-refractivity contribution is 5.77. The molecule has 3 heteroatoms. The van der Waals surface area contributed by atoms with Gasteiger partial charge in [0, 0.05) is 13.1 Å². The van der Waals surface area contributed by atoms with Crippen LogP contribution in [0.25, 0.3) is 0 Å². The Kier molecular flexibility index (Phi) is 5.43. The molecule has 0 saturated carbocycles. The normalized spacial score (nSPS) is 18.7. The quantitative estimate of drug-likeness (QED) is 0.785. The van der Waals surface area contributed by atoms with E-state index >= 15 is 0 Å². The summed E-state index contributed by atoms with van der Waals surface area (Å²) < 4.78 is 5.56. The third-order valence-corrected chi connectivity index (χ3v) is 3.50. The van der Waals surface area contributed by atoms with Crippen molar-refractivity contribution in [1.29, 1.82) is 0 Å². The van der Waals surface area contributed by atoms with E-state index < -0.39 is 0 Å². The summed E-state index contributed by atoms with van der Waals surface area (Å²) in [6, 6.07) is 0. The maximum atomic E-state index is 12.0. The van der Waals surface area contributed by atoms with Gasteiger partial charge >= 0.3 is 0 Å². The number of rotatable bonds is 3. The second-order valence-electron chi connectivity index (χ2n) is 7.99. The smallest absolute Gasteiger partial charge is 0.248 e. The van der Waals surface area contributed by atoms with Crippen LogP contribution in [0.15, 0.2) is 0 Å². The molecule has 1 aliphatic rings. The molecule has 1 rings (SSSR count). The number of hydrogen-bond donors (Lipinski definition) is 0. The van der Waals surface area contributed by atoms with Gasteiger partial charge in [-0.05, 0) is 51.4 Å². The zero-order chi connectivity index (χ0) is 14.7. The first-order valence-corrected chi connectivity index (χ1v) is 7.48. The van der Waals surface area contributed by atoms with E-state index in [2.05, 4.69) is 20.8 Å². The van der Waals surface area contributed by atoms with E-state index in [1.54, 1.807) is 0 Å². The fourth-order valence-corrected chi connectivity index (χ4v) is 2.62. The number of ether oxygens (including phenoxy) is 1. The van der Waals surface area contributed by atoms with Gasteiger partial charge < -0.3 is 9.64 Å². The molecule has 19 heavy (non-hydrogen) atoms. The molecule has 0 aromatic carbocycles. The van der Waals surface area contributed by atoms with E-state index in [0.717, 1.165) is 31.8 Å². The Morgan fingerprint density at radius 1 is 1.11 bits per heavy atom. The number of piperidine rings is 1. The highest BCUT2D eigenvalue weighted by atomic mass is 16.5. The van der Waals surface area contributed by atoms with E-state index in [-0.39, 0.29) is 18.1 Å². The molecule has 0 N–H and O–H groups in total. The lowest BCUT2D eigenvalue weighted by atomic mass is 9.80. The van der Waals surface area contributed by atoms with Crippen molar-refractivity contribution in [3.8, 4) is 0 Å². The van der Waals surface area contributed by atoms with Crippen molar-refractivity contribution < 1.29 is 9.53 Å². The van der Waals surface area contributed by atoms with Gasteiger partial charge in [0.05, 0.1) is 5.60 Å². The molecular formula is C16H31NO2. The van der Waals surface area contributed by atoms with Crippen molar-refractivity contribution in [3.63, 3.8) is 0 Å². The van der Waals surface area contributed by atoms with Gasteiger partial charge in [-0.3, -0.25) is 4.79 Å². The zero-order valence-corrected chi connectivity index (χ0v) is 13.6. The summed E-state index contributed by atoms with van der Waals surface area (Å²) in [7, 11) is 0. The lowest BCUT2D eigenvalue weighted by Crippen LogP contribution is -2.42. The predicted octanol–water partition coefficient (Wildman–Crippen LogP) is 3.48. The van der Waals surface area contributed by atoms with Crippen LogP contribution in [0.1, 0.15) is 60.8 Å². The predicted molar refractivity (Wildman–Crippen MR) is 79.1 cm³/mol. The Hall–Kier alpha value is -0.570. The molecule has 0 aromatic heterocycles. The Bertz CT molecular complexity index is 291. The van der Waals surface area contributed by atoms with Crippen molar-refractivity contribution in [2.24, 2.45) is 11.3 Å². The minimum atomic E-state index is -0.236. The van der Waals surface area contributed by atoms with Gasteiger partial charge in [-0.2, -0.15) is 0 Å². The number of carbonyl (C=O) groups is 1. The minimum absolute atomic E-state index is 0.143. The number of nitrogens with zero attached hydrogens (tertiary/aromatic N) is 1. The van der Waals surface area contributed by atoms with Crippen molar-refractivity contribution in [2.45, 2.75) is 66.4 Å². The highest BCUT2D eigenvalue weighted by Crippen LogP contribution is 2.30. The fourth-order valence-electron chi connectivity index (χ4n) is 2.62. The lowest BCUT2D eigenvalue weighted by molar-refractivity contribution is -0.142. The van der Waals surface area contributed by atoms with Crippen LogP contribution in [0.4, 0.5) is 0 Å². The number of carbonyl (C=O) groups excluding carboxylic acids is 1. The van der Waals surface area contributed by atoms with Gasteiger partial charge in [-0.15, -0.1) is 0 Å². The van der Waals surface area contributed by atoms with E-state index in [4.69, 9.17) is 4.74 Å².